The number of piperazine rings is 1. The summed E-state index contributed by atoms with van der Waals surface area (Å²) in [5, 5.41) is 3.39. The van der Waals surface area contributed by atoms with E-state index in [1.807, 2.05) is 61.8 Å². The maximum Gasteiger partial charge on any atom is 0.227 e. The lowest BCUT2D eigenvalue weighted by atomic mass is 10.3. The van der Waals surface area contributed by atoms with Gasteiger partial charge in [-0.05, 0) is 31.2 Å². The highest BCUT2D eigenvalue weighted by molar-refractivity contribution is 5.60. The second-order valence-corrected chi connectivity index (χ2v) is 6.35. The zero-order valence-corrected chi connectivity index (χ0v) is 14.8. The van der Waals surface area contributed by atoms with Crippen LogP contribution in [0.4, 0.5) is 23.3 Å². The van der Waals surface area contributed by atoms with Crippen LogP contribution >= 0.6 is 0 Å². The molecule has 3 aromatic rings. The van der Waals surface area contributed by atoms with E-state index in [1.54, 1.807) is 0 Å². The fourth-order valence-corrected chi connectivity index (χ4v) is 3.05. The molecule has 0 bridgehead atoms. The molecule has 26 heavy (non-hydrogen) atoms. The Morgan fingerprint density at radius 1 is 0.846 bits per heavy atom. The van der Waals surface area contributed by atoms with Crippen LogP contribution in [0.15, 0.2) is 60.9 Å². The lowest BCUT2D eigenvalue weighted by Gasteiger charge is -2.35. The number of nitrogens with one attached hydrogen (secondary N) is 1. The molecule has 2 aromatic heterocycles. The molecule has 0 atom stereocenters. The number of rotatable bonds is 4. The summed E-state index contributed by atoms with van der Waals surface area (Å²) >= 11 is 0. The van der Waals surface area contributed by atoms with Crippen molar-refractivity contribution < 1.29 is 0 Å². The molecule has 0 radical (unpaired) electrons. The van der Waals surface area contributed by atoms with Crippen LogP contribution < -0.4 is 15.1 Å². The highest BCUT2D eigenvalue weighted by Gasteiger charge is 2.20. The highest BCUT2D eigenvalue weighted by Crippen LogP contribution is 2.21. The standard InChI is InChI=1S/C20H22N6/c1-16-15-22-20(24-19(16)23-17-7-3-2-4-8-17)26-13-11-25(12-14-26)18-9-5-6-10-21-18/h2-10,15H,11-14H2,1H3,(H,22,23,24). The lowest BCUT2D eigenvalue weighted by Crippen LogP contribution is -2.47. The number of pyridine rings is 1. The van der Waals surface area contributed by atoms with Gasteiger partial charge in [0.15, 0.2) is 0 Å². The van der Waals surface area contributed by atoms with Crippen LogP contribution in [0.3, 0.4) is 0 Å². The summed E-state index contributed by atoms with van der Waals surface area (Å²) in [6.07, 6.45) is 3.73. The Kier molecular flexibility index (Phi) is 4.64. The fraction of sp³-hybridized carbons (Fsp3) is 0.250. The van der Waals surface area contributed by atoms with Gasteiger partial charge in [-0.2, -0.15) is 4.98 Å². The SMILES string of the molecule is Cc1cnc(N2CCN(c3ccccn3)CC2)nc1Nc1ccccc1. The van der Waals surface area contributed by atoms with Gasteiger partial charge in [0.25, 0.3) is 0 Å². The van der Waals surface area contributed by atoms with Crippen LogP contribution in [0.2, 0.25) is 0 Å². The number of nitrogens with zero attached hydrogens (tertiary/aromatic N) is 5. The molecule has 0 unspecified atom stereocenters. The number of hydrogen-bond donors (Lipinski definition) is 1. The predicted octanol–water partition coefficient (Wildman–Crippen LogP) is 3.25. The first-order valence-electron chi connectivity index (χ1n) is 8.86. The van der Waals surface area contributed by atoms with E-state index in [9.17, 15) is 0 Å². The molecule has 1 aliphatic heterocycles. The summed E-state index contributed by atoms with van der Waals surface area (Å²) in [4.78, 5) is 18.3. The third-order valence-corrected chi connectivity index (χ3v) is 4.53. The minimum absolute atomic E-state index is 0.773. The lowest BCUT2D eigenvalue weighted by molar-refractivity contribution is 0.634. The highest BCUT2D eigenvalue weighted by atomic mass is 15.3. The predicted molar refractivity (Wildman–Crippen MR) is 105 cm³/mol. The van der Waals surface area contributed by atoms with E-state index < -0.39 is 0 Å². The van der Waals surface area contributed by atoms with E-state index in [2.05, 4.69) is 31.2 Å². The fourth-order valence-electron chi connectivity index (χ4n) is 3.05. The largest absolute Gasteiger partial charge is 0.353 e. The van der Waals surface area contributed by atoms with Gasteiger partial charge in [0.1, 0.15) is 11.6 Å². The molecule has 1 saturated heterocycles. The number of para-hydroxylation sites is 1. The van der Waals surface area contributed by atoms with Crippen molar-refractivity contribution in [2.24, 2.45) is 0 Å². The molecular formula is C20H22N6. The summed E-state index contributed by atoms with van der Waals surface area (Å²) in [6, 6.07) is 16.1. The van der Waals surface area contributed by atoms with Crippen molar-refractivity contribution in [3.63, 3.8) is 0 Å². The minimum atomic E-state index is 0.773. The Balaban J connectivity index is 1.46. The first-order valence-corrected chi connectivity index (χ1v) is 8.86. The zero-order valence-electron chi connectivity index (χ0n) is 14.8. The van der Waals surface area contributed by atoms with Crippen LogP contribution in [0.25, 0.3) is 0 Å². The monoisotopic (exact) mass is 346 g/mol. The third kappa shape index (κ3) is 3.59. The average molecular weight is 346 g/mol. The number of hydrogen-bond acceptors (Lipinski definition) is 6. The number of benzene rings is 1. The molecule has 1 N–H and O–H groups in total. The number of aryl methyl sites for hydroxylation is 1. The second-order valence-electron chi connectivity index (χ2n) is 6.35. The molecule has 1 aliphatic rings. The molecule has 0 spiro atoms. The van der Waals surface area contributed by atoms with Gasteiger partial charge < -0.3 is 15.1 Å². The van der Waals surface area contributed by atoms with Crippen LogP contribution in [0.5, 0.6) is 0 Å². The van der Waals surface area contributed by atoms with E-state index in [0.29, 0.717) is 0 Å². The number of anilines is 4. The van der Waals surface area contributed by atoms with E-state index in [-0.39, 0.29) is 0 Å². The van der Waals surface area contributed by atoms with Crippen molar-refractivity contribution in [1.29, 1.82) is 0 Å². The molecule has 6 heteroatoms. The topological polar surface area (TPSA) is 57.2 Å². The summed E-state index contributed by atoms with van der Waals surface area (Å²) in [7, 11) is 0. The molecule has 0 saturated carbocycles. The summed E-state index contributed by atoms with van der Waals surface area (Å²) in [6.45, 7) is 5.61. The van der Waals surface area contributed by atoms with E-state index in [0.717, 1.165) is 55.0 Å². The molecule has 0 amide bonds. The van der Waals surface area contributed by atoms with Crippen molar-refractivity contribution in [1.82, 2.24) is 15.0 Å². The Morgan fingerprint density at radius 3 is 2.31 bits per heavy atom. The van der Waals surface area contributed by atoms with Crippen molar-refractivity contribution in [2.45, 2.75) is 6.92 Å². The maximum absolute atomic E-state index is 4.76. The van der Waals surface area contributed by atoms with Gasteiger partial charge >= 0.3 is 0 Å². The van der Waals surface area contributed by atoms with Gasteiger partial charge in [0.05, 0.1) is 0 Å². The molecule has 1 fully saturated rings. The van der Waals surface area contributed by atoms with E-state index in [4.69, 9.17) is 4.98 Å². The van der Waals surface area contributed by atoms with Crippen LogP contribution in [-0.4, -0.2) is 41.1 Å². The number of aromatic nitrogens is 3. The molecule has 132 valence electrons. The Bertz CT molecular complexity index is 845. The van der Waals surface area contributed by atoms with Gasteiger partial charge in [-0.15, -0.1) is 0 Å². The summed E-state index contributed by atoms with van der Waals surface area (Å²) in [5.74, 6) is 2.66. The van der Waals surface area contributed by atoms with E-state index in [1.165, 1.54) is 0 Å². The summed E-state index contributed by atoms with van der Waals surface area (Å²) in [5.41, 5.74) is 2.06. The van der Waals surface area contributed by atoms with Crippen LogP contribution in [0, 0.1) is 6.92 Å². The van der Waals surface area contributed by atoms with Gasteiger partial charge in [-0.3, -0.25) is 0 Å². The molecular weight excluding hydrogens is 324 g/mol. The van der Waals surface area contributed by atoms with Crippen molar-refractivity contribution >= 4 is 23.3 Å². The van der Waals surface area contributed by atoms with E-state index >= 15 is 0 Å². The normalized spacial score (nSPS) is 14.3. The Morgan fingerprint density at radius 2 is 1.58 bits per heavy atom. The third-order valence-electron chi connectivity index (χ3n) is 4.53. The first-order chi connectivity index (χ1) is 12.8. The van der Waals surface area contributed by atoms with Gasteiger partial charge in [-0.1, -0.05) is 24.3 Å². The molecule has 0 aliphatic carbocycles. The maximum atomic E-state index is 4.76. The second kappa shape index (κ2) is 7.39. The first kappa shape index (κ1) is 16.3. The Labute approximate surface area is 153 Å². The van der Waals surface area contributed by atoms with Crippen LogP contribution in [0.1, 0.15) is 5.56 Å². The van der Waals surface area contributed by atoms with Gasteiger partial charge in [0.2, 0.25) is 5.95 Å². The van der Waals surface area contributed by atoms with Crippen molar-refractivity contribution in [2.75, 3.05) is 41.3 Å². The smallest absolute Gasteiger partial charge is 0.227 e. The van der Waals surface area contributed by atoms with Gasteiger partial charge in [-0.25, -0.2) is 9.97 Å². The van der Waals surface area contributed by atoms with Crippen LogP contribution in [-0.2, 0) is 0 Å². The summed E-state index contributed by atoms with van der Waals surface area (Å²) < 4.78 is 0. The van der Waals surface area contributed by atoms with Gasteiger partial charge in [0, 0.05) is 49.8 Å². The van der Waals surface area contributed by atoms with Crippen molar-refractivity contribution in [3.8, 4) is 0 Å². The quantitative estimate of drug-likeness (QED) is 0.783. The molecule has 3 heterocycles. The molecule has 4 rings (SSSR count). The minimum Gasteiger partial charge on any atom is -0.353 e. The molecule has 6 nitrogen and oxygen atoms in total. The Hall–Kier alpha value is -3.15. The zero-order chi connectivity index (χ0) is 17.8. The molecule has 1 aromatic carbocycles. The average Bonchev–Trinajstić information content (AvgIpc) is 2.71. The van der Waals surface area contributed by atoms with Crippen molar-refractivity contribution in [3.05, 3.63) is 66.5 Å².